The molecule has 0 radical (unpaired) electrons. The SMILES string of the molecule is CC(Sc1cccc(NC(=O)c2cccc([N+](=O)[O-])c2)c1)C(=O)Nc1nc(-c2cccc([N+](=O)[O-])c2)cs1. The number of benzene rings is 3. The van der Waals surface area contributed by atoms with Crippen molar-refractivity contribution in [2.24, 2.45) is 0 Å². The summed E-state index contributed by atoms with van der Waals surface area (Å²) in [4.78, 5) is 51.3. The van der Waals surface area contributed by atoms with Crippen LogP contribution in [-0.2, 0) is 4.79 Å². The number of carbonyl (C=O) groups is 2. The van der Waals surface area contributed by atoms with E-state index in [2.05, 4.69) is 15.6 Å². The number of non-ortho nitro benzene ring substituents is 2. The molecule has 13 heteroatoms. The second-order valence-corrected chi connectivity index (χ2v) is 10.2. The highest BCUT2D eigenvalue weighted by Gasteiger charge is 2.18. The normalized spacial score (nSPS) is 11.4. The van der Waals surface area contributed by atoms with Crippen molar-refractivity contribution in [1.29, 1.82) is 0 Å². The Morgan fingerprint density at radius 2 is 1.61 bits per heavy atom. The molecule has 192 valence electrons. The van der Waals surface area contributed by atoms with Crippen LogP contribution in [0.1, 0.15) is 17.3 Å². The van der Waals surface area contributed by atoms with Crippen LogP contribution >= 0.6 is 23.1 Å². The minimum atomic E-state index is -0.569. The fourth-order valence-electron chi connectivity index (χ4n) is 3.32. The van der Waals surface area contributed by atoms with Crippen LogP contribution < -0.4 is 10.6 Å². The predicted octanol–water partition coefficient (Wildman–Crippen LogP) is 6.00. The number of nitrogens with one attached hydrogen (secondary N) is 2. The third kappa shape index (κ3) is 6.57. The Hall–Kier alpha value is -4.62. The molecule has 2 amide bonds. The zero-order valence-electron chi connectivity index (χ0n) is 19.7. The topological polar surface area (TPSA) is 157 Å². The number of nitrogens with zero attached hydrogens (tertiary/aromatic N) is 3. The van der Waals surface area contributed by atoms with Gasteiger partial charge in [0.25, 0.3) is 17.3 Å². The number of amides is 2. The first-order valence-corrected chi connectivity index (χ1v) is 12.8. The monoisotopic (exact) mass is 549 g/mol. The zero-order chi connectivity index (χ0) is 27.2. The molecule has 4 aromatic rings. The van der Waals surface area contributed by atoms with E-state index in [0.29, 0.717) is 22.1 Å². The summed E-state index contributed by atoms with van der Waals surface area (Å²) in [5, 5.41) is 29.0. The van der Waals surface area contributed by atoms with Crippen LogP contribution in [0.3, 0.4) is 0 Å². The molecule has 0 saturated carbocycles. The molecule has 1 heterocycles. The van der Waals surface area contributed by atoms with E-state index in [-0.39, 0.29) is 22.8 Å². The number of aromatic nitrogens is 1. The Bertz CT molecular complexity index is 1540. The Balaban J connectivity index is 1.37. The van der Waals surface area contributed by atoms with Crippen LogP contribution in [0.4, 0.5) is 22.2 Å². The third-order valence-electron chi connectivity index (χ3n) is 5.18. The molecule has 3 aromatic carbocycles. The van der Waals surface area contributed by atoms with Gasteiger partial charge in [-0.15, -0.1) is 23.1 Å². The van der Waals surface area contributed by atoms with Gasteiger partial charge in [-0.05, 0) is 31.2 Å². The fourth-order valence-corrected chi connectivity index (χ4v) is 4.97. The van der Waals surface area contributed by atoms with Crippen molar-refractivity contribution in [3.05, 3.63) is 104 Å². The standard InChI is InChI=1S/C25H19N5O6S2/c1-15(23(31)28-25-27-22(14-37-25)16-5-2-8-19(11-16)29(33)34)38-21-10-4-7-18(13-21)26-24(32)17-6-3-9-20(12-17)30(35)36/h2-15H,1H3,(H,26,32)(H,27,28,31). The molecule has 0 bridgehead atoms. The summed E-state index contributed by atoms with van der Waals surface area (Å²) in [6.07, 6.45) is 0. The molecule has 0 saturated heterocycles. The molecule has 0 fully saturated rings. The molecule has 1 atom stereocenters. The van der Waals surface area contributed by atoms with Gasteiger partial charge in [-0.25, -0.2) is 4.98 Å². The smallest absolute Gasteiger partial charge is 0.270 e. The number of hydrogen-bond acceptors (Lipinski definition) is 9. The van der Waals surface area contributed by atoms with Gasteiger partial charge in [0.15, 0.2) is 5.13 Å². The molecular weight excluding hydrogens is 530 g/mol. The zero-order valence-corrected chi connectivity index (χ0v) is 21.3. The summed E-state index contributed by atoms with van der Waals surface area (Å²) in [5.74, 6) is -0.786. The van der Waals surface area contributed by atoms with Gasteiger partial charge >= 0.3 is 0 Å². The number of nitro groups is 2. The van der Waals surface area contributed by atoms with Crippen LogP contribution in [0, 0.1) is 20.2 Å². The van der Waals surface area contributed by atoms with Gasteiger partial charge in [0.2, 0.25) is 5.91 Å². The van der Waals surface area contributed by atoms with Gasteiger partial charge in [0, 0.05) is 51.4 Å². The summed E-state index contributed by atoms with van der Waals surface area (Å²) in [6.45, 7) is 1.73. The van der Waals surface area contributed by atoms with Crippen LogP contribution in [0.25, 0.3) is 11.3 Å². The Morgan fingerprint density at radius 3 is 2.34 bits per heavy atom. The average Bonchev–Trinajstić information content (AvgIpc) is 3.37. The van der Waals surface area contributed by atoms with Gasteiger partial charge in [0.05, 0.1) is 20.8 Å². The lowest BCUT2D eigenvalue weighted by Gasteiger charge is -2.12. The van der Waals surface area contributed by atoms with Gasteiger partial charge < -0.3 is 10.6 Å². The van der Waals surface area contributed by atoms with E-state index >= 15 is 0 Å². The van der Waals surface area contributed by atoms with Gasteiger partial charge in [-0.3, -0.25) is 29.8 Å². The van der Waals surface area contributed by atoms with Crippen molar-refractivity contribution in [3.63, 3.8) is 0 Å². The highest BCUT2D eigenvalue weighted by Crippen LogP contribution is 2.30. The number of carbonyl (C=O) groups excluding carboxylic acids is 2. The number of thiazole rings is 1. The van der Waals surface area contributed by atoms with E-state index in [1.165, 1.54) is 59.5 Å². The lowest BCUT2D eigenvalue weighted by Crippen LogP contribution is -2.22. The van der Waals surface area contributed by atoms with Gasteiger partial charge in [-0.1, -0.05) is 24.3 Å². The van der Waals surface area contributed by atoms with Crippen molar-refractivity contribution in [3.8, 4) is 11.3 Å². The molecule has 0 aliphatic carbocycles. The second kappa shape index (κ2) is 11.6. The van der Waals surface area contributed by atoms with Crippen LogP contribution in [0.15, 0.2) is 83.1 Å². The average molecular weight is 550 g/mol. The Kier molecular flexibility index (Phi) is 8.09. The quantitative estimate of drug-likeness (QED) is 0.146. The summed E-state index contributed by atoms with van der Waals surface area (Å²) in [6, 6.07) is 18.4. The minimum Gasteiger partial charge on any atom is -0.322 e. The predicted molar refractivity (Wildman–Crippen MR) is 146 cm³/mol. The number of rotatable bonds is 9. The Labute approximate surface area is 224 Å². The first kappa shape index (κ1) is 26.4. The van der Waals surface area contributed by atoms with E-state index in [1.807, 2.05) is 0 Å². The molecule has 2 N–H and O–H groups in total. The van der Waals surface area contributed by atoms with E-state index in [0.717, 1.165) is 4.90 Å². The largest absolute Gasteiger partial charge is 0.322 e. The van der Waals surface area contributed by atoms with Gasteiger partial charge in [0.1, 0.15) is 0 Å². The maximum Gasteiger partial charge on any atom is 0.270 e. The van der Waals surface area contributed by atoms with Crippen molar-refractivity contribution in [1.82, 2.24) is 4.98 Å². The maximum absolute atomic E-state index is 12.8. The lowest BCUT2D eigenvalue weighted by molar-refractivity contribution is -0.385. The van der Waals surface area contributed by atoms with Crippen molar-refractivity contribution >= 4 is 57.1 Å². The van der Waals surface area contributed by atoms with Crippen LogP contribution in [-0.4, -0.2) is 31.9 Å². The highest BCUT2D eigenvalue weighted by molar-refractivity contribution is 8.00. The molecular formula is C25H19N5O6S2. The minimum absolute atomic E-state index is 0.0467. The molecule has 0 aliphatic rings. The molecule has 11 nitrogen and oxygen atoms in total. The van der Waals surface area contributed by atoms with E-state index in [1.54, 1.807) is 48.7 Å². The van der Waals surface area contributed by atoms with Gasteiger partial charge in [-0.2, -0.15) is 0 Å². The van der Waals surface area contributed by atoms with E-state index in [4.69, 9.17) is 0 Å². The van der Waals surface area contributed by atoms with Crippen molar-refractivity contribution in [2.75, 3.05) is 10.6 Å². The lowest BCUT2D eigenvalue weighted by atomic mass is 10.1. The first-order valence-electron chi connectivity index (χ1n) is 11.0. The third-order valence-corrected chi connectivity index (χ3v) is 7.03. The maximum atomic E-state index is 12.8. The van der Waals surface area contributed by atoms with Crippen LogP contribution in [0.5, 0.6) is 0 Å². The fraction of sp³-hybridized carbons (Fsp3) is 0.0800. The van der Waals surface area contributed by atoms with E-state index < -0.39 is 21.0 Å². The number of nitro benzene ring substituents is 2. The molecule has 0 aliphatic heterocycles. The molecule has 0 spiro atoms. The molecule has 1 aromatic heterocycles. The molecule has 1 unspecified atom stereocenters. The second-order valence-electron chi connectivity index (χ2n) is 7.88. The highest BCUT2D eigenvalue weighted by atomic mass is 32.2. The summed E-state index contributed by atoms with van der Waals surface area (Å²) in [5.41, 5.74) is 1.48. The summed E-state index contributed by atoms with van der Waals surface area (Å²) >= 11 is 2.48. The molecule has 38 heavy (non-hydrogen) atoms. The number of anilines is 2. The first-order chi connectivity index (χ1) is 18.2. The number of thioether (sulfide) groups is 1. The van der Waals surface area contributed by atoms with Crippen molar-refractivity contribution < 1.29 is 19.4 Å². The summed E-state index contributed by atoms with van der Waals surface area (Å²) < 4.78 is 0. The van der Waals surface area contributed by atoms with E-state index in [9.17, 15) is 29.8 Å². The molecule has 4 rings (SSSR count). The Morgan fingerprint density at radius 1 is 0.921 bits per heavy atom. The summed E-state index contributed by atoms with van der Waals surface area (Å²) in [7, 11) is 0. The van der Waals surface area contributed by atoms with Crippen molar-refractivity contribution in [2.45, 2.75) is 17.1 Å². The van der Waals surface area contributed by atoms with Crippen LogP contribution in [0.2, 0.25) is 0 Å². The number of hydrogen-bond donors (Lipinski definition) is 2.